The number of hydrogen-bond acceptors (Lipinski definition) is 1. The van der Waals surface area contributed by atoms with Gasteiger partial charge >= 0.3 is 19.5 Å². The number of unbranched alkanes of at least 4 members (excludes halogenated alkanes) is 1. The van der Waals surface area contributed by atoms with Crippen molar-refractivity contribution in [3.8, 4) is 0 Å². The fourth-order valence-electron chi connectivity index (χ4n) is 5.60. The normalized spacial score (nSPS) is 12.5. The van der Waals surface area contributed by atoms with Gasteiger partial charge in [-0.15, -0.1) is 18.6 Å². The monoisotopic (exact) mass is 798 g/mol. The van der Waals surface area contributed by atoms with Crippen LogP contribution < -0.4 is 31.8 Å². The summed E-state index contributed by atoms with van der Waals surface area (Å²) in [6.45, 7) is 8.63. The smallest absolute Gasteiger partial charge is 0.384 e. The molecule has 0 amide bonds. The Morgan fingerprint density at radius 1 is 0.580 bits per heavy atom. The van der Waals surface area contributed by atoms with Crippen LogP contribution in [0.3, 0.4) is 0 Å². The molecule has 0 radical (unpaired) electrons. The molecule has 6 aromatic carbocycles. The molecule has 256 valence electrons. The van der Waals surface area contributed by atoms with E-state index in [1.54, 1.807) is 0 Å². The van der Waals surface area contributed by atoms with E-state index in [1.165, 1.54) is 31.8 Å². The van der Waals surface area contributed by atoms with Crippen molar-refractivity contribution in [2.24, 2.45) is 5.41 Å². The van der Waals surface area contributed by atoms with Crippen LogP contribution in [0.2, 0.25) is 0 Å². The standard InChI is InChI=1S/C33H36OP2.C12H11P.Ru/c1-3-4-25-34-26-33(2,27-35(29-17-9-5-10-18-29)30-19-11-6-12-20-30)28-36(31-21-13-7-14-22-31)32-23-15-8-16-24-32;1-3-7-11(8-4-1)13-12-9-5-2-6-10-12;/h5-15,17-24H,2-4,25-28H2,1H3;1-10,13H;/q-2;;+2. The maximum atomic E-state index is 6.33. The fourth-order valence-corrected chi connectivity index (χ4v) is 12.0. The molecule has 0 N–H and O–H groups in total. The average molecular weight is 798 g/mol. The van der Waals surface area contributed by atoms with Gasteiger partial charge in [-0.1, -0.05) is 180 Å². The number of hydrogen-bond donors (Lipinski definition) is 0. The van der Waals surface area contributed by atoms with E-state index in [1.807, 2.05) is 6.07 Å². The predicted octanol–water partition coefficient (Wildman–Crippen LogP) is 9.00. The van der Waals surface area contributed by atoms with Crippen LogP contribution in [0.1, 0.15) is 19.8 Å². The van der Waals surface area contributed by atoms with Gasteiger partial charge < -0.3 is 11.7 Å². The Hall–Kier alpha value is -2.81. The molecule has 50 heavy (non-hydrogen) atoms. The van der Waals surface area contributed by atoms with E-state index in [0.29, 0.717) is 6.61 Å². The largest absolute Gasteiger partial charge is 2.00 e. The first-order chi connectivity index (χ1) is 24.1. The molecule has 0 bridgehead atoms. The average Bonchev–Trinajstić information content (AvgIpc) is 3.17. The molecular formula is C45H47OP3Ru. The topological polar surface area (TPSA) is 9.23 Å². The maximum Gasteiger partial charge on any atom is 2.00 e. The molecule has 0 aromatic heterocycles. The van der Waals surface area contributed by atoms with Crippen LogP contribution in [0.15, 0.2) is 176 Å². The van der Waals surface area contributed by atoms with Gasteiger partial charge in [0.05, 0.1) is 0 Å². The summed E-state index contributed by atoms with van der Waals surface area (Å²) in [5.74, 6) is 0. The molecule has 0 aliphatic heterocycles. The van der Waals surface area contributed by atoms with Crippen LogP contribution in [0.4, 0.5) is 0 Å². The molecule has 6 rings (SSSR count). The maximum absolute atomic E-state index is 6.33. The van der Waals surface area contributed by atoms with Crippen LogP contribution in [-0.2, 0) is 24.2 Å². The van der Waals surface area contributed by atoms with Crippen LogP contribution in [0, 0.1) is 18.4 Å². The summed E-state index contributed by atoms with van der Waals surface area (Å²) in [5.41, 5.74) is -0.220. The van der Waals surface area contributed by atoms with Crippen molar-refractivity contribution in [3.05, 3.63) is 189 Å². The summed E-state index contributed by atoms with van der Waals surface area (Å²) in [6.07, 6.45) is 4.20. The van der Waals surface area contributed by atoms with E-state index in [9.17, 15) is 0 Å². The summed E-state index contributed by atoms with van der Waals surface area (Å²) in [5, 5.41) is 8.33. The fraction of sp³-hybridized carbons (Fsp3) is 0.178. The Morgan fingerprint density at radius 2 is 0.980 bits per heavy atom. The van der Waals surface area contributed by atoms with Crippen LogP contribution >= 0.6 is 24.4 Å². The summed E-state index contributed by atoms with van der Waals surface area (Å²) >= 11 is 0. The Labute approximate surface area is 318 Å². The van der Waals surface area contributed by atoms with Crippen molar-refractivity contribution in [1.29, 1.82) is 0 Å². The molecule has 5 heteroatoms. The summed E-state index contributed by atoms with van der Waals surface area (Å²) < 4.78 is 6.33. The Morgan fingerprint density at radius 3 is 1.38 bits per heavy atom. The first-order valence-electron chi connectivity index (χ1n) is 17.1. The van der Waals surface area contributed by atoms with Crippen molar-refractivity contribution >= 4 is 56.3 Å². The molecule has 0 spiro atoms. The van der Waals surface area contributed by atoms with E-state index in [0.717, 1.165) is 40.4 Å². The minimum absolute atomic E-state index is 0. The first-order valence-corrected chi connectivity index (χ1v) is 21.2. The second-order valence-electron chi connectivity index (χ2n) is 12.2. The molecule has 0 aliphatic carbocycles. The van der Waals surface area contributed by atoms with E-state index in [-0.39, 0.29) is 24.9 Å². The van der Waals surface area contributed by atoms with Crippen LogP contribution in [0.25, 0.3) is 0 Å². The van der Waals surface area contributed by atoms with Crippen LogP contribution in [0.5, 0.6) is 0 Å². The minimum Gasteiger partial charge on any atom is -0.384 e. The molecule has 6 aromatic rings. The molecule has 0 heterocycles. The van der Waals surface area contributed by atoms with Crippen LogP contribution in [-0.4, -0.2) is 25.5 Å². The summed E-state index contributed by atoms with van der Waals surface area (Å²) in [6, 6.07) is 65.9. The number of ether oxygens (including phenoxy) is 1. The number of benzene rings is 6. The van der Waals surface area contributed by atoms with E-state index >= 15 is 0 Å². The summed E-state index contributed by atoms with van der Waals surface area (Å²) in [7, 11) is -0.390. The molecule has 0 saturated carbocycles. The number of rotatable bonds is 15. The quantitative estimate of drug-likeness (QED) is 0.0437. The second-order valence-corrected chi connectivity index (χ2v) is 18.0. The van der Waals surface area contributed by atoms with Gasteiger partial charge in [0.15, 0.2) is 0 Å². The van der Waals surface area contributed by atoms with E-state index in [2.05, 4.69) is 183 Å². The Kier molecular flexibility index (Phi) is 17.7. The van der Waals surface area contributed by atoms with Gasteiger partial charge in [-0.25, -0.2) is 0 Å². The molecule has 1 nitrogen and oxygen atoms in total. The third kappa shape index (κ3) is 13.1. The van der Waals surface area contributed by atoms with Gasteiger partial charge in [-0.2, -0.15) is 30.3 Å². The zero-order valence-electron chi connectivity index (χ0n) is 28.8. The zero-order valence-corrected chi connectivity index (χ0v) is 33.4. The molecule has 2 unspecified atom stereocenters. The molecular weight excluding hydrogens is 750 g/mol. The third-order valence-electron chi connectivity index (χ3n) is 8.08. The van der Waals surface area contributed by atoms with Crippen molar-refractivity contribution < 1.29 is 24.2 Å². The third-order valence-corrected chi connectivity index (χ3v) is 15.0. The van der Waals surface area contributed by atoms with Crippen molar-refractivity contribution in [1.82, 2.24) is 0 Å². The Balaban J connectivity index is 0.000000335. The van der Waals surface area contributed by atoms with E-state index < -0.39 is 15.8 Å². The molecule has 0 fully saturated rings. The SMILES string of the molecule is [CH2-]C(COCCCC)(CP(c1c[c-]ccc1)c1ccccc1)CP(c1ccccc1)c1ccccc1.[Ru+2].c1ccc(Pc2ccccc2)cc1. The van der Waals surface area contributed by atoms with Gasteiger partial charge in [0.2, 0.25) is 0 Å². The van der Waals surface area contributed by atoms with Gasteiger partial charge in [0.25, 0.3) is 0 Å². The first kappa shape index (κ1) is 40.0. The van der Waals surface area contributed by atoms with Gasteiger partial charge in [-0.3, -0.25) is 0 Å². The van der Waals surface area contributed by atoms with E-state index in [4.69, 9.17) is 11.7 Å². The van der Waals surface area contributed by atoms with Gasteiger partial charge in [0, 0.05) is 13.2 Å². The second kappa shape index (κ2) is 22.2. The molecule has 2 atom stereocenters. The van der Waals surface area contributed by atoms with Crippen molar-refractivity contribution in [2.75, 3.05) is 25.5 Å². The molecule has 0 aliphatic rings. The Bertz CT molecular complexity index is 1520. The molecule has 0 saturated heterocycles. The summed E-state index contributed by atoms with van der Waals surface area (Å²) in [4.78, 5) is 0. The van der Waals surface area contributed by atoms with Gasteiger partial charge in [-0.05, 0) is 47.0 Å². The van der Waals surface area contributed by atoms with Crippen molar-refractivity contribution in [2.45, 2.75) is 19.8 Å². The minimum atomic E-state index is -0.595. The van der Waals surface area contributed by atoms with Crippen molar-refractivity contribution in [3.63, 3.8) is 0 Å². The zero-order chi connectivity index (χ0) is 34.0. The van der Waals surface area contributed by atoms with Gasteiger partial charge in [0.1, 0.15) is 0 Å². The predicted molar refractivity (Wildman–Crippen MR) is 221 cm³/mol.